The molecule has 0 saturated heterocycles. The molecule has 0 fully saturated rings. The molecule has 1 atom stereocenters. The molecule has 1 aliphatic rings. The molecule has 0 saturated carbocycles. The molecule has 0 radical (unpaired) electrons. The van der Waals surface area contributed by atoms with Crippen LogP contribution in [0.1, 0.15) is 43.0 Å². The molecule has 144 valence electrons. The number of hydrogen-bond donors (Lipinski definition) is 1. The fourth-order valence-electron chi connectivity index (χ4n) is 3.43. The maximum Gasteiger partial charge on any atom is 0.258 e. The normalized spacial score (nSPS) is 17.4. The van der Waals surface area contributed by atoms with Crippen LogP contribution in [0, 0.1) is 13.8 Å². The van der Waals surface area contributed by atoms with Gasteiger partial charge >= 0.3 is 0 Å². The van der Waals surface area contributed by atoms with E-state index >= 15 is 0 Å². The Kier molecular flexibility index (Phi) is 5.31. The number of ether oxygens (including phenoxy) is 3. The number of carbonyl (C=O) groups is 1. The van der Waals surface area contributed by atoms with E-state index < -0.39 is 0 Å². The number of nitrogens with one attached hydrogen (secondary N) is 1. The van der Waals surface area contributed by atoms with Gasteiger partial charge in [0.05, 0.1) is 13.2 Å². The first-order valence-electron chi connectivity index (χ1n) is 9.14. The Morgan fingerprint density at radius 3 is 2.70 bits per heavy atom. The van der Waals surface area contributed by atoms with E-state index in [2.05, 4.69) is 5.32 Å². The summed E-state index contributed by atoms with van der Waals surface area (Å²) in [6.07, 6.45) is 0.682. The molecule has 2 aromatic rings. The van der Waals surface area contributed by atoms with Crippen LogP contribution in [0.2, 0.25) is 0 Å². The molecule has 0 spiro atoms. The Bertz CT molecular complexity index is 844. The van der Waals surface area contributed by atoms with Crippen molar-refractivity contribution in [3.05, 3.63) is 53.1 Å². The van der Waals surface area contributed by atoms with E-state index in [0.717, 1.165) is 28.4 Å². The number of amides is 1. The van der Waals surface area contributed by atoms with E-state index in [0.29, 0.717) is 6.42 Å². The molecule has 0 aliphatic carbocycles. The number of hydrogen-bond acceptors (Lipinski definition) is 4. The summed E-state index contributed by atoms with van der Waals surface area (Å²) >= 11 is 0. The van der Waals surface area contributed by atoms with Crippen molar-refractivity contribution in [1.29, 1.82) is 0 Å². The monoisotopic (exact) mass is 369 g/mol. The van der Waals surface area contributed by atoms with Crippen LogP contribution >= 0.6 is 0 Å². The standard InChI is InChI=1S/C22H27NO4/c1-14-6-9-19(15(2)10-14)26-13-21(24)23-18-12-22(3,4)27-20-11-16(25-5)7-8-17(18)20/h6-11,18H,12-13H2,1-5H3,(H,23,24)/t18-/m1/s1. The highest BCUT2D eigenvalue weighted by Crippen LogP contribution is 2.41. The zero-order valence-electron chi connectivity index (χ0n) is 16.6. The molecule has 1 heterocycles. The zero-order valence-corrected chi connectivity index (χ0v) is 16.6. The highest BCUT2D eigenvalue weighted by molar-refractivity contribution is 5.78. The third kappa shape index (κ3) is 4.54. The molecule has 0 aromatic heterocycles. The summed E-state index contributed by atoms with van der Waals surface area (Å²) in [5, 5.41) is 3.08. The first-order chi connectivity index (χ1) is 12.8. The van der Waals surface area contributed by atoms with Gasteiger partial charge in [0.1, 0.15) is 22.8 Å². The van der Waals surface area contributed by atoms with E-state index in [1.54, 1.807) is 7.11 Å². The first-order valence-corrected chi connectivity index (χ1v) is 9.14. The number of aryl methyl sites for hydroxylation is 2. The highest BCUT2D eigenvalue weighted by Gasteiger charge is 2.34. The Morgan fingerprint density at radius 1 is 1.22 bits per heavy atom. The number of benzene rings is 2. The topological polar surface area (TPSA) is 56.8 Å². The predicted octanol–water partition coefficient (Wildman–Crippen LogP) is 4.11. The minimum absolute atomic E-state index is 0.0207. The molecule has 5 nitrogen and oxygen atoms in total. The van der Waals surface area contributed by atoms with Crippen LogP contribution in [0.3, 0.4) is 0 Å². The van der Waals surface area contributed by atoms with Gasteiger partial charge in [-0.05, 0) is 51.5 Å². The van der Waals surface area contributed by atoms with Crippen molar-refractivity contribution in [3.63, 3.8) is 0 Å². The molecule has 1 aliphatic heterocycles. The van der Waals surface area contributed by atoms with Gasteiger partial charge < -0.3 is 19.5 Å². The van der Waals surface area contributed by atoms with Gasteiger partial charge in [0.15, 0.2) is 6.61 Å². The van der Waals surface area contributed by atoms with E-state index in [-0.39, 0.29) is 24.2 Å². The average Bonchev–Trinajstić information content (AvgIpc) is 2.59. The largest absolute Gasteiger partial charge is 0.497 e. The predicted molar refractivity (Wildman–Crippen MR) is 105 cm³/mol. The third-order valence-corrected chi connectivity index (χ3v) is 4.70. The lowest BCUT2D eigenvalue weighted by molar-refractivity contribution is -0.124. The molecule has 5 heteroatoms. The Balaban J connectivity index is 1.70. The lowest BCUT2D eigenvalue weighted by atomic mass is 9.89. The lowest BCUT2D eigenvalue weighted by Crippen LogP contribution is -2.42. The van der Waals surface area contributed by atoms with Gasteiger partial charge in [-0.15, -0.1) is 0 Å². The first kappa shape index (κ1) is 19.1. The second kappa shape index (κ2) is 7.51. The van der Waals surface area contributed by atoms with Gasteiger partial charge in [-0.1, -0.05) is 17.7 Å². The minimum atomic E-state index is -0.383. The van der Waals surface area contributed by atoms with Gasteiger partial charge in [-0.2, -0.15) is 0 Å². The summed E-state index contributed by atoms with van der Waals surface area (Å²) in [6, 6.07) is 11.5. The van der Waals surface area contributed by atoms with Gasteiger partial charge in [0.2, 0.25) is 0 Å². The second-order valence-corrected chi connectivity index (χ2v) is 7.65. The van der Waals surface area contributed by atoms with Crippen LogP contribution in [0.4, 0.5) is 0 Å². The summed E-state index contributed by atoms with van der Waals surface area (Å²) in [6.45, 7) is 8.02. The SMILES string of the molecule is COc1ccc2c(c1)OC(C)(C)C[C@H]2NC(=O)COc1ccc(C)cc1C. The highest BCUT2D eigenvalue weighted by atomic mass is 16.5. The summed E-state index contributed by atoms with van der Waals surface area (Å²) in [7, 11) is 1.62. The maximum atomic E-state index is 12.5. The van der Waals surface area contributed by atoms with E-state index in [9.17, 15) is 4.79 Å². The van der Waals surface area contributed by atoms with Crippen molar-refractivity contribution >= 4 is 5.91 Å². The molecule has 1 N–H and O–H groups in total. The van der Waals surface area contributed by atoms with Crippen LogP contribution in [0.5, 0.6) is 17.2 Å². The van der Waals surface area contributed by atoms with Gasteiger partial charge in [0, 0.05) is 18.1 Å². The fraction of sp³-hybridized carbons (Fsp3) is 0.409. The minimum Gasteiger partial charge on any atom is -0.497 e. The van der Waals surface area contributed by atoms with Crippen LogP contribution < -0.4 is 19.5 Å². The van der Waals surface area contributed by atoms with E-state index in [1.807, 2.05) is 64.1 Å². The van der Waals surface area contributed by atoms with Crippen LogP contribution in [0.25, 0.3) is 0 Å². The number of rotatable bonds is 5. The van der Waals surface area contributed by atoms with Crippen molar-refractivity contribution in [2.75, 3.05) is 13.7 Å². The molecule has 0 bridgehead atoms. The summed E-state index contributed by atoms with van der Waals surface area (Å²) in [4.78, 5) is 12.5. The summed E-state index contributed by atoms with van der Waals surface area (Å²) < 4.78 is 17.1. The smallest absolute Gasteiger partial charge is 0.258 e. The Hall–Kier alpha value is -2.69. The molecule has 2 aromatic carbocycles. The van der Waals surface area contributed by atoms with Crippen molar-refractivity contribution in [3.8, 4) is 17.2 Å². The van der Waals surface area contributed by atoms with Crippen molar-refractivity contribution in [2.45, 2.75) is 45.8 Å². The van der Waals surface area contributed by atoms with Crippen molar-refractivity contribution in [1.82, 2.24) is 5.32 Å². The third-order valence-electron chi connectivity index (χ3n) is 4.70. The lowest BCUT2D eigenvalue weighted by Gasteiger charge is -2.38. The maximum absolute atomic E-state index is 12.5. The molecule has 1 amide bonds. The van der Waals surface area contributed by atoms with Crippen LogP contribution in [-0.2, 0) is 4.79 Å². The van der Waals surface area contributed by atoms with Crippen LogP contribution in [0.15, 0.2) is 36.4 Å². The number of methoxy groups -OCH3 is 1. The molecular formula is C22H27NO4. The van der Waals surface area contributed by atoms with Gasteiger partial charge in [-0.25, -0.2) is 0 Å². The zero-order chi connectivity index (χ0) is 19.6. The van der Waals surface area contributed by atoms with Crippen molar-refractivity contribution in [2.24, 2.45) is 0 Å². The molecule has 3 rings (SSSR count). The van der Waals surface area contributed by atoms with E-state index in [1.165, 1.54) is 5.56 Å². The average molecular weight is 369 g/mol. The molecule has 27 heavy (non-hydrogen) atoms. The number of carbonyl (C=O) groups excluding carboxylic acids is 1. The Labute approximate surface area is 160 Å². The van der Waals surface area contributed by atoms with E-state index in [4.69, 9.17) is 14.2 Å². The number of fused-ring (bicyclic) bond motifs is 1. The fourth-order valence-corrected chi connectivity index (χ4v) is 3.43. The van der Waals surface area contributed by atoms with Crippen LogP contribution in [-0.4, -0.2) is 25.2 Å². The molecule has 0 unspecified atom stereocenters. The van der Waals surface area contributed by atoms with Gasteiger partial charge in [0.25, 0.3) is 5.91 Å². The molecular weight excluding hydrogens is 342 g/mol. The van der Waals surface area contributed by atoms with Crippen molar-refractivity contribution < 1.29 is 19.0 Å². The summed E-state index contributed by atoms with van der Waals surface area (Å²) in [5.74, 6) is 2.05. The second-order valence-electron chi connectivity index (χ2n) is 7.65. The van der Waals surface area contributed by atoms with Gasteiger partial charge in [-0.3, -0.25) is 4.79 Å². The Morgan fingerprint density at radius 2 is 2.00 bits per heavy atom. The summed E-state index contributed by atoms with van der Waals surface area (Å²) in [5.41, 5.74) is 2.76. The quantitative estimate of drug-likeness (QED) is 0.862.